The number of methoxy groups -OCH3 is 1. The number of halogens is 3. The molecule has 0 amide bonds. The Morgan fingerprint density at radius 3 is 2.81 bits per heavy atom. The van der Waals surface area contributed by atoms with Gasteiger partial charge in [-0.25, -0.2) is 8.78 Å². The van der Waals surface area contributed by atoms with E-state index in [1.807, 2.05) is 0 Å². The van der Waals surface area contributed by atoms with Gasteiger partial charge in [0.1, 0.15) is 23.1 Å². The molecule has 0 saturated carbocycles. The number of nitrogens with zero attached hydrogens (tertiary/aromatic N) is 5. The zero-order valence-electron chi connectivity index (χ0n) is 14.9. The van der Waals surface area contributed by atoms with E-state index in [1.54, 1.807) is 0 Å². The molecule has 3 heterocycles. The quantitative estimate of drug-likeness (QED) is 0.630. The number of piperidine rings is 1. The summed E-state index contributed by atoms with van der Waals surface area (Å²) in [6, 6.07) is 2.09. The minimum absolute atomic E-state index is 0.0106. The second-order valence-corrected chi connectivity index (χ2v) is 7.09. The second-order valence-electron chi connectivity index (χ2n) is 6.73. The van der Waals surface area contributed by atoms with Crippen LogP contribution in [-0.2, 0) is 0 Å². The zero-order chi connectivity index (χ0) is 19.1. The molecular weight excluding hydrogens is 376 g/mol. The van der Waals surface area contributed by atoms with Crippen molar-refractivity contribution in [2.45, 2.75) is 19.8 Å². The van der Waals surface area contributed by atoms with E-state index >= 15 is 0 Å². The molecule has 0 N–H and O–H groups in total. The monoisotopic (exact) mass is 393 g/mol. The molecule has 3 aromatic rings. The van der Waals surface area contributed by atoms with Crippen LogP contribution in [0, 0.1) is 17.6 Å². The van der Waals surface area contributed by atoms with Gasteiger partial charge in [0, 0.05) is 24.7 Å². The summed E-state index contributed by atoms with van der Waals surface area (Å²) in [6.45, 7) is 3.66. The van der Waals surface area contributed by atoms with Gasteiger partial charge in [-0.15, -0.1) is 0 Å². The third kappa shape index (κ3) is 3.07. The molecule has 27 heavy (non-hydrogen) atoms. The molecule has 4 rings (SSSR count). The highest BCUT2D eigenvalue weighted by Gasteiger charge is 2.28. The molecule has 1 unspecified atom stereocenters. The van der Waals surface area contributed by atoms with Crippen LogP contribution in [0.4, 0.5) is 14.6 Å². The molecule has 1 aliphatic rings. The van der Waals surface area contributed by atoms with Crippen LogP contribution in [0.25, 0.3) is 16.9 Å². The maximum atomic E-state index is 14.8. The SMILES string of the molecule is COc1cc(F)c(-c2c(Cl)nc3ncnn3c2N2CCCC(C)C2)cc1F. The van der Waals surface area contributed by atoms with Crippen LogP contribution in [-0.4, -0.2) is 39.8 Å². The lowest BCUT2D eigenvalue weighted by Crippen LogP contribution is -2.36. The molecule has 0 radical (unpaired) electrons. The van der Waals surface area contributed by atoms with Crippen LogP contribution in [0.3, 0.4) is 0 Å². The van der Waals surface area contributed by atoms with E-state index in [9.17, 15) is 8.78 Å². The number of hydrogen-bond acceptors (Lipinski definition) is 5. The van der Waals surface area contributed by atoms with Crippen LogP contribution in [0.2, 0.25) is 5.15 Å². The summed E-state index contributed by atoms with van der Waals surface area (Å²) in [7, 11) is 1.29. The Balaban J connectivity index is 1.99. The molecule has 0 bridgehead atoms. The van der Waals surface area contributed by atoms with Crippen molar-refractivity contribution in [1.82, 2.24) is 19.6 Å². The van der Waals surface area contributed by atoms with E-state index in [4.69, 9.17) is 16.3 Å². The third-order valence-electron chi connectivity index (χ3n) is 4.83. The predicted molar refractivity (Wildman–Crippen MR) is 98.3 cm³/mol. The fraction of sp³-hybridized carbons (Fsp3) is 0.389. The normalized spacial score (nSPS) is 17.5. The average Bonchev–Trinajstić information content (AvgIpc) is 3.10. The van der Waals surface area contributed by atoms with Crippen molar-refractivity contribution in [1.29, 1.82) is 0 Å². The van der Waals surface area contributed by atoms with Gasteiger partial charge < -0.3 is 9.64 Å². The van der Waals surface area contributed by atoms with Gasteiger partial charge in [0.15, 0.2) is 11.6 Å². The second kappa shape index (κ2) is 6.92. The molecule has 0 spiro atoms. The molecule has 1 saturated heterocycles. The van der Waals surface area contributed by atoms with Crippen molar-refractivity contribution >= 4 is 23.2 Å². The highest BCUT2D eigenvalue weighted by molar-refractivity contribution is 6.33. The van der Waals surface area contributed by atoms with Crippen LogP contribution in [0.1, 0.15) is 19.8 Å². The van der Waals surface area contributed by atoms with Crippen LogP contribution in [0.5, 0.6) is 5.75 Å². The van der Waals surface area contributed by atoms with Crippen LogP contribution >= 0.6 is 11.6 Å². The Kier molecular flexibility index (Phi) is 4.59. The Bertz CT molecular complexity index is 1010. The molecule has 1 atom stereocenters. The highest BCUT2D eigenvalue weighted by atomic mass is 35.5. The van der Waals surface area contributed by atoms with Gasteiger partial charge in [-0.05, 0) is 24.8 Å². The Labute approximate surface area is 159 Å². The van der Waals surface area contributed by atoms with Crippen LogP contribution in [0.15, 0.2) is 18.5 Å². The number of fused-ring (bicyclic) bond motifs is 1. The van der Waals surface area contributed by atoms with Crippen molar-refractivity contribution < 1.29 is 13.5 Å². The van der Waals surface area contributed by atoms with E-state index in [-0.39, 0.29) is 16.5 Å². The number of benzene rings is 1. The summed E-state index contributed by atoms with van der Waals surface area (Å²) in [5.41, 5.74) is 0.305. The zero-order valence-corrected chi connectivity index (χ0v) is 15.7. The highest BCUT2D eigenvalue weighted by Crippen LogP contribution is 2.40. The molecule has 2 aromatic heterocycles. The van der Waals surface area contributed by atoms with Gasteiger partial charge in [0.05, 0.1) is 12.7 Å². The first-order valence-corrected chi connectivity index (χ1v) is 9.05. The molecule has 1 aliphatic heterocycles. The molecule has 142 valence electrons. The fourth-order valence-corrected chi connectivity index (χ4v) is 3.85. The van der Waals surface area contributed by atoms with E-state index in [0.29, 0.717) is 23.1 Å². The van der Waals surface area contributed by atoms with Gasteiger partial charge in [-0.1, -0.05) is 18.5 Å². The molecule has 1 aromatic carbocycles. The van der Waals surface area contributed by atoms with Gasteiger partial charge in [-0.2, -0.15) is 19.6 Å². The van der Waals surface area contributed by atoms with Gasteiger partial charge in [0.2, 0.25) is 0 Å². The van der Waals surface area contributed by atoms with Crippen molar-refractivity contribution in [2.24, 2.45) is 5.92 Å². The minimum atomic E-state index is -0.679. The molecule has 6 nitrogen and oxygen atoms in total. The maximum absolute atomic E-state index is 14.8. The first-order chi connectivity index (χ1) is 13.0. The van der Waals surface area contributed by atoms with E-state index in [0.717, 1.165) is 38.1 Å². The topological polar surface area (TPSA) is 55.6 Å². The summed E-state index contributed by atoms with van der Waals surface area (Å²) < 4.78 is 35.6. The summed E-state index contributed by atoms with van der Waals surface area (Å²) in [5.74, 6) is -0.168. The van der Waals surface area contributed by atoms with E-state index in [2.05, 4.69) is 26.9 Å². The Morgan fingerprint density at radius 2 is 2.07 bits per heavy atom. The fourth-order valence-electron chi connectivity index (χ4n) is 3.58. The molecule has 0 aliphatic carbocycles. The summed E-state index contributed by atoms with van der Waals surface area (Å²) in [5, 5.41) is 4.28. The number of hydrogen-bond donors (Lipinski definition) is 0. The lowest BCUT2D eigenvalue weighted by atomic mass is 9.99. The minimum Gasteiger partial charge on any atom is -0.494 e. The largest absolute Gasteiger partial charge is 0.494 e. The smallest absolute Gasteiger partial charge is 0.255 e. The molecular formula is C18H18ClF2N5O. The summed E-state index contributed by atoms with van der Waals surface area (Å²) in [4.78, 5) is 10.4. The number of ether oxygens (including phenoxy) is 1. The first kappa shape index (κ1) is 17.9. The van der Waals surface area contributed by atoms with Crippen molar-refractivity contribution in [3.05, 3.63) is 35.2 Å². The summed E-state index contributed by atoms with van der Waals surface area (Å²) in [6.07, 6.45) is 3.46. The van der Waals surface area contributed by atoms with Crippen molar-refractivity contribution in [2.75, 3.05) is 25.1 Å². The first-order valence-electron chi connectivity index (χ1n) is 8.67. The Hall–Kier alpha value is -2.48. The van der Waals surface area contributed by atoms with Gasteiger partial charge in [-0.3, -0.25) is 0 Å². The predicted octanol–water partition coefficient (Wildman–Crippen LogP) is 3.97. The van der Waals surface area contributed by atoms with E-state index in [1.165, 1.54) is 18.0 Å². The van der Waals surface area contributed by atoms with Crippen molar-refractivity contribution in [3.8, 4) is 16.9 Å². The molecule has 1 fully saturated rings. The lowest BCUT2D eigenvalue weighted by Gasteiger charge is -2.34. The van der Waals surface area contributed by atoms with Crippen molar-refractivity contribution in [3.63, 3.8) is 0 Å². The summed E-state index contributed by atoms with van der Waals surface area (Å²) >= 11 is 6.41. The molecule has 9 heteroatoms. The number of aromatic nitrogens is 4. The number of anilines is 1. The van der Waals surface area contributed by atoms with Gasteiger partial charge >= 0.3 is 0 Å². The Morgan fingerprint density at radius 1 is 1.26 bits per heavy atom. The van der Waals surface area contributed by atoms with Gasteiger partial charge in [0.25, 0.3) is 5.78 Å². The number of rotatable bonds is 3. The van der Waals surface area contributed by atoms with Crippen LogP contribution < -0.4 is 9.64 Å². The average molecular weight is 394 g/mol. The standard InChI is InChI=1S/C18H18ClF2N5O/c1-10-4-3-5-25(8-10)17-15(16(19)24-18-22-9-23-26(17)18)11-6-13(21)14(27-2)7-12(11)20/h6-7,9-10H,3-5,8H2,1-2H3. The maximum Gasteiger partial charge on any atom is 0.255 e. The third-order valence-corrected chi connectivity index (χ3v) is 5.10. The lowest BCUT2D eigenvalue weighted by molar-refractivity contribution is 0.383. The van der Waals surface area contributed by atoms with E-state index < -0.39 is 11.6 Å².